The van der Waals surface area contributed by atoms with Crippen molar-refractivity contribution >= 4 is 35.1 Å². The minimum absolute atomic E-state index is 0.114. The van der Waals surface area contributed by atoms with Crippen LogP contribution in [0.25, 0.3) is 0 Å². The van der Waals surface area contributed by atoms with Gasteiger partial charge in [0.05, 0.1) is 5.69 Å². The van der Waals surface area contributed by atoms with Gasteiger partial charge in [0.1, 0.15) is 6.04 Å². The third-order valence-electron chi connectivity index (χ3n) is 4.72. The molecule has 1 unspecified atom stereocenters. The summed E-state index contributed by atoms with van der Waals surface area (Å²) in [7, 11) is 0. The van der Waals surface area contributed by atoms with Crippen LogP contribution in [0.2, 0.25) is 5.02 Å². The zero-order chi connectivity index (χ0) is 19.2. The smallest absolute Gasteiger partial charge is 0.329 e. The lowest BCUT2D eigenvalue weighted by atomic mass is 10.1. The molecule has 1 aromatic carbocycles. The molecule has 1 aromatic rings. The fraction of sp³-hybridized carbons (Fsp3) is 0.500. The van der Waals surface area contributed by atoms with Gasteiger partial charge in [-0.2, -0.15) is 0 Å². The van der Waals surface area contributed by atoms with Crippen LogP contribution >= 0.6 is 11.6 Å². The molecule has 9 heteroatoms. The first-order chi connectivity index (χ1) is 13.0. The number of carbonyl (C=O) groups is 3. The highest BCUT2D eigenvalue weighted by atomic mass is 35.5. The molecule has 0 bridgehead atoms. The molecule has 0 saturated carbocycles. The second kappa shape index (κ2) is 9.16. The lowest BCUT2D eigenvalue weighted by Gasteiger charge is -2.27. The van der Waals surface area contributed by atoms with Gasteiger partial charge in [-0.3, -0.25) is 14.5 Å². The Bertz CT molecular complexity index is 691. The molecule has 0 spiro atoms. The largest absolute Gasteiger partial charge is 0.355 e. The van der Waals surface area contributed by atoms with E-state index in [1.807, 2.05) is 0 Å². The molecular formula is C18H24ClN5O3. The highest BCUT2D eigenvalue weighted by Crippen LogP contribution is 2.23. The Morgan fingerprint density at radius 3 is 2.59 bits per heavy atom. The van der Waals surface area contributed by atoms with Crippen molar-refractivity contribution in [1.29, 1.82) is 0 Å². The molecule has 2 aliphatic heterocycles. The van der Waals surface area contributed by atoms with Crippen molar-refractivity contribution in [2.45, 2.75) is 18.9 Å². The third kappa shape index (κ3) is 5.18. The van der Waals surface area contributed by atoms with Crippen molar-refractivity contribution in [2.24, 2.45) is 0 Å². The van der Waals surface area contributed by atoms with Crippen LogP contribution in [-0.2, 0) is 9.59 Å². The highest BCUT2D eigenvalue weighted by molar-refractivity contribution is 6.30. The monoisotopic (exact) mass is 393 g/mol. The molecule has 2 aliphatic rings. The van der Waals surface area contributed by atoms with Crippen LogP contribution in [-0.4, -0.2) is 68.1 Å². The van der Waals surface area contributed by atoms with Crippen LogP contribution in [0.15, 0.2) is 24.3 Å². The Morgan fingerprint density at radius 2 is 1.89 bits per heavy atom. The summed E-state index contributed by atoms with van der Waals surface area (Å²) in [6, 6.07) is 5.31. The second-order valence-electron chi connectivity index (χ2n) is 6.63. The van der Waals surface area contributed by atoms with Gasteiger partial charge in [0.15, 0.2) is 0 Å². The maximum Gasteiger partial charge on any atom is 0.329 e. The number of imide groups is 1. The number of piperazine rings is 1. The normalized spacial score (nSPS) is 20.6. The summed E-state index contributed by atoms with van der Waals surface area (Å²) in [5, 5.41) is 9.33. The molecule has 27 heavy (non-hydrogen) atoms. The lowest BCUT2D eigenvalue weighted by Crippen LogP contribution is -2.46. The fourth-order valence-electron chi connectivity index (χ4n) is 3.21. The predicted octanol–water partition coefficient (Wildman–Crippen LogP) is 0.566. The molecule has 0 aliphatic carbocycles. The van der Waals surface area contributed by atoms with E-state index in [9.17, 15) is 14.4 Å². The Kier molecular flexibility index (Phi) is 6.65. The number of halogens is 1. The zero-order valence-electron chi connectivity index (χ0n) is 15.0. The molecule has 1 atom stereocenters. The van der Waals surface area contributed by atoms with Gasteiger partial charge < -0.3 is 16.0 Å². The van der Waals surface area contributed by atoms with Crippen LogP contribution in [0.5, 0.6) is 0 Å². The number of rotatable bonds is 7. The number of amides is 4. The summed E-state index contributed by atoms with van der Waals surface area (Å²) in [4.78, 5) is 40.0. The molecule has 146 valence electrons. The first kappa shape index (κ1) is 19.6. The number of hydrogen-bond donors (Lipinski definition) is 3. The van der Waals surface area contributed by atoms with Crippen LogP contribution in [0.3, 0.4) is 0 Å². The second-order valence-corrected chi connectivity index (χ2v) is 7.07. The molecule has 2 saturated heterocycles. The van der Waals surface area contributed by atoms with Gasteiger partial charge in [0.25, 0.3) is 5.91 Å². The number of nitrogens with one attached hydrogen (secondary N) is 3. The number of carbonyl (C=O) groups excluding carboxylic acids is 3. The topological polar surface area (TPSA) is 93.8 Å². The summed E-state index contributed by atoms with van der Waals surface area (Å²) >= 11 is 5.84. The van der Waals surface area contributed by atoms with Crippen LogP contribution in [0, 0.1) is 0 Å². The lowest BCUT2D eigenvalue weighted by molar-refractivity contribution is -0.121. The number of anilines is 1. The van der Waals surface area contributed by atoms with E-state index in [1.165, 1.54) is 0 Å². The SMILES string of the molecule is O=C(CCC1NC(=O)N(c2ccc(Cl)cc2)C1=O)NCCN1CCNCC1. The van der Waals surface area contributed by atoms with Gasteiger partial charge in [-0.15, -0.1) is 0 Å². The van der Waals surface area contributed by atoms with Crippen LogP contribution in [0.1, 0.15) is 12.8 Å². The average Bonchev–Trinajstić information content (AvgIpc) is 2.95. The van der Waals surface area contributed by atoms with E-state index in [4.69, 9.17) is 11.6 Å². The summed E-state index contributed by atoms with van der Waals surface area (Å²) in [6.45, 7) is 5.32. The number of nitrogens with zero attached hydrogens (tertiary/aromatic N) is 2. The van der Waals surface area contributed by atoms with Gasteiger partial charge in [-0.1, -0.05) is 11.6 Å². The van der Waals surface area contributed by atoms with E-state index < -0.39 is 12.1 Å². The van der Waals surface area contributed by atoms with Gasteiger partial charge in [-0.25, -0.2) is 9.69 Å². The van der Waals surface area contributed by atoms with E-state index in [0.717, 1.165) is 37.6 Å². The highest BCUT2D eigenvalue weighted by Gasteiger charge is 2.38. The van der Waals surface area contributed by atoms with Crippen molar-refractivity contribution < 1.29 is 14.4 Å². The first-order valence-electron chi connectivity index (χ1n) is 9.14. The standard InChI is InChI=1S/C18H24ClN5O3/c19-13-1-3-14(4-2-13)24-17(26)15(22-18(24)27)5-6-16(25)21-9-12-23-10-7-20-8-11-23/h1-4,15,20H,5-12H2,(H,21,25)(H,22,27). The fourth-order valence-corrected chi connectivity index (χ4v) is 3.34. The summed E-state index contributed by atoms with van der Waals surface area (Å²) < 4.78 is 0. The summed E-state index contributed by atoms with van der Waals surface area (Å²) in [5.74, 6) is -0.465. The average molecular weight is 394 g/mol. The third-order valence-corrected chi connectivity index (χ3v) is 4.98. The van der Waals surface area contributed by atoms with Gasteiger partial charge in [-0.05, 0) is 30.7 Å². The number of benzene rings is 1. The molecular weight excluding hydrogens is 370 g/mol. The Morgan fingerprint density at radius 1 is 1.19 bits per heavy atom. The van der Waals surface area contributed by atoms with E-state index in [0.29, 0.717) is 17.3 Å². The quantitative estimate of drug-likeness (QED) is 0.589. The molecule has 3 rings (SSSR count). The number of urea groups is 1. The van der Waals surface area contributed by atoms with Crippen molar-refractivity contribution in [3.63, 3.8) is 0 Å². The van der Waals surface area contributed by atoms with Crippen LogP contribution < -0.4 is 20.9 Å². The van der Waals surface area contributed by atoms with E-state index in [1.54, 1.807) is 24.3 Å². The van der Waals surface area contributed by atoms with Crippen LogP contribution in [0.4, 0.5) is 10.5 Å². The Labute approximate surface area is 163 Å². The van der Waals surface area contributed by atoms with E-state index in [2.05, 4.69) is 20.9 Å². The van der Waals surface area contributed by atoms with Gasteiger partial charge >= 0.3 is 6.03 Å². The molecule has 2 fully saturated rings. The maximum absolute atomic E-state index is 12.5. The molecule has 8 nitrogen and oxygen atoms in total. The predicted molar refractivity (Wildman–Crippen MR) is 103 cm³/mol. The Balaban J connectivity index is 1.42. The summed E-state index contributed by atoms with van der Waals surface area (Å²) in [5.41, 5.74) is 0.463. The zero-order valence-corrected chi connectivity index (χ0v) is 15.8. The van der Waals surface area contributed by atoms with E-state index >= 15 is 0 Å². The number of hydrogen-bond acceptors (Lipinski definition) is 5. The minimum atomic E-state index is -0.688. The molecule has 3 N–H and O–H groups in total. The van der Waals surface area contributed by atoms with Gasteiger partial charge in [0.2, 0.25) is 5.91 Å². The van der Waals surface area contributed by atoms with E-state index in [-0.39, 0.29) is 24.7 Å². The molecule has 0 radical (unpaired) electrons. The summed E-state index contributed by atoms with van der Waals surface area (Å²) in [6.07, 6.45) is 0.459. The first-order valence-corrected chi connectivity index (χ1v) is 9.52. The molecule has 4 amide bonds. The molecule has 0 aromatic heterocycles. The molecule has 2 heterocycles. The van der Waals surface area contributed by atoms with Crippen molar-refractivity contribution in [3.05, 3.63) is 29.3 Å². The minimum Gasteiger partial charge on any atom is -0.355 e. The van der Waals surface area contributed by atoms with Crippen molar-refractivity contribution in [2.75, 3.05) is 44.2 Å². The van der Waals surface area contributed by atoms with Gasteiger partial charge in [0, 0.05) is 50.7 Å². The Hall–Kier alpha value is -2.16. The maximum atomic E-state index is 12.5. The van der Waals surface area contributed by atoms with Crippen molar-refractivity contribution in [3.8, 4) is 0 Å². The van der Waals surface area contributed by atoms with Crippen molar-refractivity contribution in [1.82, 2.24) is 20.9 Å².